The highest BCUT2D eigenvalue weighted by atomic mass is 35.5. The number of benzene rings is 1. The molecule has 1 aromatic carbocycles. The molecule has 1 heterocycles. The van der Waals surface area contributed by atoms with E-state index in [0.29, 0.717) is 10.8 Å². The first-order valence-corrected chi connectivity index (χ1v) is 6.19. The van der Waals surface area contributed by atoms with Crippen LogP contribution in [0, 0.1) is 0 Å². The minimum absolute atomic E-state index is 0.603. The van der Waals surface area contributed by atoms with Gasteiger partial charge in [0.2, 0.25) is 0 Å². The van der Waals surface area contributed by atoms with Crippen molar-refractivity contribution in [3.63, 3.8) is 0 Å². The predicted molar refractivity (Wildman–Crippen MR) is 73.2 cm³/mol. The zero-order chi connectivity index (χ0) is 13.0. The van der Waals surface area contributed by atoms with Crippen LogP contribution < -0.4 is 10.1 Å². The number of nitrogens with one attached hydrogen (secondary N) is 1. The van der Waals surface area contributed by atoms with Gasteiger partial charge in [-0.2, -0.15) is 5.10 Å². The molecule has 1 aromatic heterocycles. The summed E-state index contributed by atoms with van der Waals surface area (Å²) in [5.74, 6) is 0.681. The normalized spacial score (nSPS) is 10.4. The number of rotatable bonds is 5. The summed E-state index contributed by atoms with van der Waals surface area (Å²) in [5, 5.41) is 8.12. The van der Waals surface area contributed by atoms with Gasteiger partial charge in [0.1, 0.15) is 5.75 Å². The van der Waals surface area contributed by atoms with Gasteiger partial charge in [-0.1, -0.05) is 11.6 Å². The van der Waals surface area contributed by atoms with Gasteiger partial charge in [0.05, 0.1) is 18.3 Å². The van der Waals surface area contributed by atoms with Crippen molar-refractivity contribution in [2.45, 2.75) is 20.0 Å². The highest BCUT2D eigenvalue weighted by Crippen LogP contribution is 2.27. The third-order valence-electron chi connectivity index (χ3n) is 2.66. The first-order chi connectivity index (χ1) is 8.72. The summed E-state index contributed by atoms with van der Waals surface area (Å²) in [4.78, 5) is 0. The topological polar surface area (TPSA) is 39.1 Å². The Morgan fingerprint density at radius 3 is 2.89 bits per heavy atom. The lowest BCUT2D eigenvalue weighted by atomic mass is 10.3. The van der Waals surface area contributed by atoms with Gasteiger partial charge in [0.15, 0.2) is 0 Å². The first kappa shape index (κ1) is 12.8. The molecule has 0 spiro atoms. The zero-order valence-electron chi connectivity index (χ0n) is 10.5. The molecule has 96 valence electrons. The molecular weight excluding hydrogens is 250 g/mol. The second-order valence-electron chi connectivity index (χ2n) is 3.91. The highest BCUT2D eigenvalue weighted by molar-refractivity contribution is 6.32. The minimum atomic E-state index is 0.603. The van der Waals surface area contributed by atoms with E-state index in [1.165, 1.54) is 0 Å². The average Bonchev–Trinajstić information content (AvgIpc) is 2.84. The number of methoxy groups -OCH3 is 1. The molecule has 0 aliphatic rings. The number of nitrogens with zero attached hydrogens (tertiary/aromatic N) is 2. The van der Waals surface area contributed by atoms with Crippen molar-refractivity contribution in [3.05, 3.63) is 41.2 Å². The molecule has 0 aliphatic heterocycles. The van der Waals surface area contributed by atoms with Gasteiger partial charge in [0.25, 0.3) is 0 Å². The fraction of sp³-hybridized carbons (Fsp3) is 0.308. The van der Waals surface area contributed by atoms with E-state index in [1.807, 2.05) is 35.3 Å². The summed E-state index contributed by atoms with van der Waals surface area (Å²) >= 11 is 6.06. The molecule has 0 aliphatic carbocycles. The van der Waals surface area contributed by atoms with Crippen LogP contribution in [-0.2, 0) is 13.1 Å². The molecule has 0 bridgehead atoms. The van der Waals surface area contributed by atoms with Crippen molar-refractivity contribution in [1.82, 2.24) is 9.78 Å². The molecule has 0 fully saturated rings. The van der Waals surface area contributed by atoms with Crippen LogP contribution in [-0.4, -0.2) is 16.9 Å². The fourth-order valence-corrected chi connectivity index (χ4v) is 1.91. The number of hydrogen-bond donors (Lipinski definition) is 1. The molecule has 5 heteroatoms. The van der Waals surface area contributed by atoms with E-state index in [1.54, 1.807) is 7.11 Å². The van der Waals surface area contributed by atoms with Gasteiger partial charge in [-0.3, -0.25) is 4.68 Å². The first-order valence-electron chi connectivity index (χ1n) is 5.81. The van der Waals surface area contributed by atoms with Crippen LogP contribution in [0.3, 0.4) is 0 Å². The van der Waals surface area contributed by atoms with Crippen LogP contribution in [0.1, 0.15) is 12.5 Å². The minimum Gasteiger partial charge on any atom is -0.495 e. The highest BCUT2D eigenvalue weighted by Gasteiger charge is 2.02. The molecule has 0 atom stereocenters. The summed E-state index contributed by atoms with van der Waals surface area (Å²) in [6.45, 7) is 3.67. The molecule has 2 rings (SSSR count). The van der Waals surface area contributed by atoms with Gasteiger partial charge in [-0.05, 0) is 25.1 Å². The number of anilines is 1. The maximum atomic E-state index is 6.06. The Balaban J connectivity index is 1.99. The number of halogens is 1. The maximum absolute atomic E-state index is 6.06. The van der Waals surface area contributed by atoms with E-state index in [4.69, 9.17) is 16.3 Å². The summed E-state index contributed by atoms with van der Waals surface area (Å²) in [6.07, 6.45) is 3.89. The number of aromatic nitrogens is 2. The lowest BCUT2D eigenvalue weighted by molar-refractivity contribution is 0.415. The molecule has 0 radical (unpaired) electrons. The summed E-state index contributed by atoms with van der Waals surface area (Å²) in [7, 11) is 1.60. The predicted octanol–water partition coefficient (Wildman–Crippen LogP) is 3.18. The molecule has 4 nitrogen and oxygen atoms in total. The van der Waals surface area contributed by atoms with E-state index < -0.39 is 0 Å². The molecule has 0 amide bonds. The van der Waals surface area contributed by atoms with Crippen LogP contribution in [0.4, 0.5) is 5.69 Å². The maximum Gasteiger partial charge on any atom is 0.137 e. The molecule has 2 aromatic rings. The van der Waals surface area contributed by atoms with E-state index in [-0.39, 0.29) is 0 Å². The van der Waals surface area contributed by atoms with Crippen molar-refractivity contribution in [1.29, 1.82) is 0 Å². The molecule has 1 N–H and O–H groups in total. The third-order valence-corrected chi connectivity index (χ3v) is 2.95. The summed E-state index contributed by atoms with van der Waals surface area (Å²) in [5.41, 5.74) is 2.11. The Morgan fingerprint density at radius 2 is 2.28 bits per heavy atom. The smallest absolute Gasteiger partial charge is 0.137 e. The van der Waals surface area contributed by atoms with Gasteiger partial charge in [0, 0.05) is 30.5 Å². The van der Waals surface area contributed by atoms with Gasteiger partial charge >= 0.3 is 0 Å². The van der Waals surface area contributed by atoms with E-state index in [0.717, 1.165) is 24.3 Å². The Labute approximate surface area is 112 Å². The average molecular weight is 266 g/mol. The summed E-state index contributed by atoms with van der Waals surface area (Å²) in [6, 6.07) is 5.64. The standard InChI is InChI=1S/C13H16ClN3O/c1-3-17-9-10(8-16-17)7-15-11-4-5-13(18-2)12(14)6-11/h4-6,8-9,15H,3,7H2,1-2H3. The van der Waals surface area contributed by atoms with Crippen LogP contribution in [0.15, 0.2) is 30.6 Å². The number of aryl methyl sites for hydroxylation is 1. The van der Waals surface area contributed by atoms with E-state index in [2.05, 4.69) is 17.3 Å². The van der Waals surface area contributed by atoms with Crippen molar-refractivity contribution < 1.29 is 4.74 Å². The zero-order valence-corrected chi connectivity index (χ0v) is 11.2. The van der Waals surface area contributed by atoms with E-state index >= 15 is 0 Å². The van der Waals surface area contributed by atoms with Crippen LogP contribution in [0.5, 0.6) is 5.75 Å². The molecule has 18 heavy (non-hydrogen) atoms. The Kier molecular flexibility index (Phi) is 4.10. The fourth-order valence-electron chi connectivity index (χ4n) is 1.65. The van der Waals surface area contributed by atoms with E-state index in [9.17, 15) is 0 Å². The Morgan fingerprint density at radius 1 is 1.44 bits per heavy atom. The van der Waals surface area contributed by atoms with Crippen molar-refractivity contribution >= 4 is 17.3 Å². The molecule has 0 saturated heterocycles. The number of ether oxygens (including phenoxy) is 1. The third kappa shape index (κ3) is 2.96. The molecule has 0 unspecified atom stereocenters. The SMILES string of the molecule is CCn1cc(CNc2ccc(OC)c(Cl)c2)cn1. The van der Waals surface area contributed by atoms with Crippen molar-refractivity contribution in [2.75, 3.05) is 12.4 Å². The van der Waals surface area contributed by atoms with Crippen molar-refractivity contribution in [2.24, 2.45) is 0 Å². The molecule has 0 saturated carbocycles. The summed E-state index contributed by atoms with van der Waals surface area (Å²) < 4.78 is 7.01. The monoisotopic (exact) mass is 265 g/mol. The van der Waals surface area contributed by atoms with Gasteiger partial charge < -0.3 is 10.1 Å². The van der Waals surface area contributed by atoms with Gasteiger partial charge in [-0.15, -0.1) is 0 Å². The quantitative estimate of drug-likeness (QED) is 0.903. The van der Waals surface area contributed by atoms with Crippen LogP contribution in [0.25, 0.3) is 0 Å². The second kappa shape index (κ2) is 5.78. The largest absolute Gasteiger partial charge is 0.495 e. The van der Waals surface area contributed by atoms with Gasteiger partial charge in [-0.25, -0.2) is 0 Å². The molecular formula is C13H16ClN3O. The second-order valence-corrected chi connectivity index (χ2v) is 4.31. The Bertz CT molecular complexity index is 525. The number of hydrogen-bond acceptors (Lipinski definition) is 3. The lowest BCUT2D eigenvalue weighted by Crippen LogP contribution is -1.99. The van der Waals surface area contributed by atoms with Crippen LogP contribution >= 0.6 is 11.6 Å². The lowest BCUT2D eigenvalue weighted by Gasteiger charge is -2.07. The van der Waals surface area contributed by atoms with Crippen molar-refractivity contribution in [3.8, 4) is 5.75 Å². The Hall–Kier alpha value is -1.68. The van der Waals surface area contributed by atoms with Crippen LogP contribution in [0.2, 0.25) is 5.02 Å².